The van der Waals surface area contributed by atoms with Crippen LogP contribution in [0.3, 0.4) is 0 Å². The third kappa shape index (κ3) is 3.45. The highest BCUT2D eigenvalue weighted by Gasteiger charge is 2.17. The van der Waals surface area contributed by atoms with Crippen LogP contribution >= 0.6 is 0 Å². The van der Waals surface area contributed by atoms with E-state index in [9.17, 15) is 0 Å². The first kappa shape index (κ1) is 12.4. The average Bonchev–Trinajstić information content (AvgIpc) is 2.66. The average molecular weight is 233 g/mol. The van der Waals surface area contributed by atoms with Gasteiger partial charge >= 0.3 is 0 Å². The normalized spacial score (nSPS) is 15.5. The lowest BCUT2D eigenvalue weighted by atomic mass is 10.1. The van der Waals surface area contributed by atoms with Crippen molar-refractivity contribution in [2.45, 2.75) is 25.9 Å². The van der Waals surface area contributed by atoms with Crippen molar-refractivity contribution >= 4 is 5.69 Å². The van der Waals surface area contributed by atoms with E-state index >= 15 is 0 Å². The van der Waals surface area contributed by atoms with Crippen LogP contribution in [0.1, 0.15) is 24.0 Å². The molecule has 0 aromatic heterocycles. The van der Waals surface area contributed by atoms with E-state index in [2.05, 4.69) is 36.0 Å². The van der Waals surface area contributed by atoms with Crippen molar-refractivity contribution in [2.75, 3.05) is 32.9 Å². The molecule has 2 N–H and O–H groups in total. The topological polar surface area (TPSA) is 32.5 Å². The van der Waals surface area contributed by atoms with E-state index in [0.29, 0.717) is 0 Å². The number of hydrogen-bond donors (Lipinski definition) is 1. The second kappa shape index (κ2) is 5.52. The van der Waals surface area contributed by atoms with Crippen LogP contribution in [0.25, 0.3) is 0 Å². The zero-order valence-corrected chi connectivity index (χ0v) is 10.9. The Morgan fingerprint density at radius 1 is 1.18 bits per heavy atom. The van der Waals surface area contributed by atoms with Gasteiger partial charge in [0.05, 0.1) is 0 Å². The molecule has 1 aliphatic heterocycles. The quantitative estimate of drug-likeness (QED) is 0.623. The van der Waals surface area contributed by atoms with Crippen LogP contribution in [-0.4, -0.2) is 37.0 Å². The van der Waals surface area contributed by atoms with Crippen molar-refractivity contribution in [1.82, 2.24) is 9.80 Å². The van der Waals surface area contributed by atoms with E-state index in [1.165, 1.54) is 37.1 Å². The number of nitrogens with zero attached hydrogens (tertiary/aromatic N) is 2. The van der Waals surface area contributed by atoms with Gasteiger partial charge < -0.3 is 10.6 Å². The second-order valence-electron chi connectivity index (χ2n) is 5.25. The molecular formula is C14H23N3. The first-order chi connectivity index (χ1) is 8.15. The van der Waals surface area contributed by atoms with Gasteiger partial charge in [0.15, 0.2) is 0 Å². The van der Waals surface area contributed by atoms with E-state index in [1.807, 2.05) is 6.07 Å². The van der Waals surface area contributed by atoms with Gasteiger partial charge in [-0.2, -0.15) is 0 Å². The maximum Gasteiger partial charge on any atom is 0.0317 e. The van der Waals surface area contributed by atoms with Crippen LogP contribution in [0.5, 0.6) is 0 Å². The minimum atomic E-state index is 0.887. The Labute approximate surface area is 104 Å². The predicted molar refractivity (Wildman–Crippen MR) is 72.8 cm³/mol. The molecule has 0 atom stereocenters. The summed E-state index contributed by atoms with van der Waals surface area (Å²) < 4.78 is 0. The fraction of sp³-hybridized carbons (Fsp3) is 0.571. The molecule has 3 nitrogen and oxygen atoms in total. The zero-order valence-electron chi connectivity index (χ0n) is 10.9. The first-order valence-electron chi connectivity index (χ1n) is 6.39. The molecule has 0 aliphatic carbocycles. The second-order valence-corrected chi connectivity index (χ2v) is 5.25. The third-order valence-corrected chi connectivity index (χ3v) is 3.35. The van der Waals surface area contributed by atoms with E-state index in [4.69, 9.17) is 5.73 Å². The summed E-state index contributed by atoms with van der Waals surface area (Å²) in [6.45, 7) is 4.55. The highest BCUT2D eigenvalue weighted by molar-refractivity contribution is 5.46. The predicted octanol–water partition coefficient (Wildman–Crippen LogP) is 1.93. The van der Waals surface area contributed by atoms with Crippen LogP contribution in [0.15, 0.2) is 18.2 Å². The smallest absolute Gasteiger partial charge is 0.0317 e. The summed E-state index contributed by atoms with van der Waals surface area (Å²) in [6.07, 6.45) is 2.56. The van der Waals surface area contributed by atoms with E-state index in [-0.39, 0.29) is 0 Å². The van der Waals surface area contributed by atoms with Crippen LogP contribution in [0.2, 0.25) is 0 Å². The minimum Gasteiger partial charge on any atom is -0.399 e. The molecule has 0 radical (unpaired) electrons. The Hall–Kier alpha value is -1.06. The van der Waals surface area contributed by atoms with Gasteiger partial charge in [0.2, 0.25) is 0 Å². The molecule has 0 saturated heterocycles. The van der Waals surface area contributed by atoms with E-state index < -0.39 is 0 Å². The maximum atomic E-state index is 5.81. The fourth-order valence-electron chi connectivity index (χ4n) is 2.41. The number of anilines is 1. The molecule has 0 saturated carbocycles. The fourth-order valence-corrected chi connectivity index (χ4v) is 2.41. The summed E-state index contributed by atoms with van der Waals surface area (Å²) >= 11 is 0. The summed E-state index contributed by atoms with van der Waals surface area (Å²) in [5.41, 5.74) is 9.56. The number of hydrogen-bond acceptors (Lipinski definition) is 3. The lowest BCUT2D eigenvalue weighted by Crippen LogP contribution is -2.19. The zero-order chi connectivity index (χ0) is 12.3. The molecule has 17 heavy (non-hydrogen) atoms. The summed E-state index contributed by atoms with van der Waals surface area (Å²) in [4.78, 5) is 4.76. The number of fused-ring (bicyclic) bond motifs is 1. The molecule has 0 unspecified atom stereocenters. The number of nitrogens with two attached hydrogens (primary N) is 1. The Morgan fingerprint density at radius 3 is 2.71 bits per heavy atom. The van der Waals surface area contributed by atoms with Crippen LogP contribution < -0.4 is 5.73 Å². The summed E-state index contributed by atoms with van der Waals surface area (Å²) in [5, 5.41) is 0. The van der Waals surface area contributed by atoms with Gasteiger partial charge in [-0.3, -0.25) is 4.90 Å². The van der Waals surface area contributed by atoms with Gasteiger partial charge in [-0.15, -0.1) is 0 Å². The Morgan fingerprint density at radius 2 is 1.94 bits per heavy atom. The SMILES string of the molecule is CN(C)CCCCN1Cc2ccc(N)cc2C1. The Balaban J connectivity index is 1.76. The molecule has 3 heteroatoms. The third-order valence-electron chi connectivity index (χ3n) is 3.35. The van der Waals surface area contributed by atoms with E-state index in [0.717, 1.165) is 18.8 Å². The van der Waals surface area contributed by atoms with Crippen molar-refractivity contribution in [2.24, 2.45) is 0 Å². The standard InChI is InChI=1S/C14H23N3/c1-16(2)7-3-4-8-17-10-12-5-6-14(15)9-13(12)11-17/h5-6,9H,3-4,7-8,10-11,15H2,1-2H3. The van der Waals surface area contributed by atoms with Crippen molar-refractivity contribution in [3.63, 3.8) is 0 Å². The Bertz CT molecular complexity index is 374. The van der Waals surface area contributed by atoms with Gasteiger partial charge in [-0.1, -0.05) is 6.07 Å². The molecule has 2 rings (SSSR count). The molecule has 1 aromatic carbocycles. The van der Waals surface area contributed by atoms with Gasteiger partial charge in [-0.25, -0.2) is 0 Å². The summed E-state index contributed by atoms with van der Waals surface area (Å²) in [5.74, 6) is 0. The van der Waals surface area contributed by atoms with Crippen LogP contribution in [0, 0.1) is 0 Å². The lowest BCUT2D eigenvalue weighted by Gasteiger charge is -2.15. The van der Waals surface area contributed by atoms with Gasteiger partial charge in [0.1, 0.15) is 0 Å². The summed E-state index contributed by atoms with van der Waals surface area (Å²) in [7, 11) is 4.27. The highest BCUT2D eigenvalue weighted by Crippen LogP contribution is 2.24. The largest absolute Gasteiger partial charge is 0.399 e. The molecule has 0 bridgehead atoms. The number of nitrogen functional groups attached to an aromatic ring is 1. The molecule has 94 valence electrons. The van der Waals surface area contributed by atoms with Gasteiger partial charge in [-0.05, 0) is 63.3 Å². The van der Waals surface area contributed by atoms with Crippen molar-refractivity contribution in [3.05, 3.63) is 29.3 Å². The number of rotatable bonds is 5. The van der Waals surface area contributed by atoms with E-state index in [1.54, 1.807) is 0 Å². The molecular weight excluding hydrogens is 210 g/mol. The van der Waals surface area contributed by atoms with Crippen molar-refractivity contribution in [1.29, 1.82) is 0 Å². The molecule has 0 fully saturated rings. The monoisotopic (exact) mass is 233 g/mol. The number of unbranched alkanes of at least 4 members (excludes halogenated alkanes) is 1. The van der Waals surface area contributed by atoms with Gasteiger partial charge in [0, 0.05) is 18.8 Å². The van der Waals surface area contributed by atoms with Crippen molar-refractivity contribution < 1.29 is 0 Å². The molecule has 1 aliphatic rings. The van der Waals surface area contributed by atoms with Crippen molar-refractivity contribution in [3.8, 4) is 0 Å². The maximum absolute atomic E-state index is 5.81. The lowest BCUT2D eigenvalue weighted by molar-refractivity contribution is 0.270. The summed E-state index contributed by atoms with van der Waals surface area (Å²) in [6, 6.07) is 6.30. The molecule has 1 heterocycles. The van der Waals surface area contributed by atoms with Gasteiger partial charge in [0.25, 0.3) is 0 Å². The molecule has 1 aromatic rings. The van der Waals surface area contributed by atoms with Crippen LogP contribution in [-0.2, 0) is 13.1 Å². The minimum absolute atomic E-state index is 0.887. The molecule has 0 spiro atoms. The Kier molecular flexibility index (Phi) is 4.02. The highest BCUT2D eigenvalue weighted by atomic mass is 15.1. The molecule has 0 amide bonds. The van der Waals surface area contributed by atoms with Crippen LogP contribution in [0.4, 0.5) is 5.69 Å². The number of benzene rings is 1. The first-order valence-corrected chi connectivity index (χ1v) is 6.39.